The molecule has 0 saturated heterocycles. The van der Waals surface area contributed by atoms with Gasteiger partial charge in [-0.1, -0.05) is 0 Å². The van der Waals surface area contributed by atoms with Gasteiger partial charge in [-0.3, -0.25) is 5.10 Å². The quantitative estimate of drug-likeness (QED) is 0.672. The van der Waals surface area contributed by atoms with Crippen LogP contribution in [0, 0.1) is 6.92 Å². The Balaban J connectivity index is 2.01. The maximum Gasteiger partial charge on any atom is 0.281 e. The van der Waals surface area contributed by atoms with Crippen LogP contribution in [0.2, 0.25) is 0 Å². The molecule has 3 rings (SSSR count). The molecule has 17 heavy (non-hydrogen) atoms. The second-order valence-electron chi connectivity index (χ2n) is 3.54. The maximum absolute atomic E-state index is 5.95. The van der Waals surface area contributed by atoms with Crippen molar-refractivity contribution in [2.45, 2.75) is 17.0 Å². The number of rotatable bonds is 2. The van der Waals surface area contributed by atoms with Crippen LogP contribution in [0.1, 0.15) is 5.89 Å². The third-order valence-corrected chi connectivity index (χ3v) is 3.19. The molecular formula is C10H9N5OS. The normalized spacial score (nSPS) is 11.1. The minimum atomic E-state index is 0.480. The van der Waals surface area contributed by atoms with Gasteiger partial charge < -0.3 is 10.2 Å². The highest BCUT2D eigenvalue weighted by Crippen LogP contribution is 2.33. The molecule has 0 bridgehead atoms. The first-order valence-electron chi connectivity index (χ1n) is 4.93. The minimum absolute atomic E-state index is 0.480. The van der Waals surface area contributed by atoms with Gasteiger partial charge >= 0.3 is 0 Å². The number of aromatic amines is 1. The van der Waals surface area contributed by atoms with E-state index in [1.54, 1.807) is 13.1 Å². The highest BCUT2D eigenvalue weighted by molar-refractivity contribution is 7.99. The van der Waals surface area contributed by atoms with Crippen molar-refractivity contribution in [3.8, 4) is 0 Å². The fourth-order valence-corrected chi connectivity index (χ4v) is 2.28. The van der Waals surface area contributed by atoms with Crippen molar-refractivity contribution in [3.05, 3.63) is 24.2 Å². The Kier molecular flexibility index (Phi) is 2.25. The number of H-pyrrole nitrogens is 1. The zero-order valence-corrected chi connectivity index (χ0v) is 9.78. The van der Waals surface area contributed by atoms with E-state index in [9.17, 15) is 0 Å². The SMILES string of the molecule is Cc1nnc(Sc2cc3[nH]ncc3cc2N)o1. The Morgan fingerprint density at radius 2 is 2.24 bits per heavy atom. The van der Waals surface area contributed by atoms with Gasteiger partial charge in [0.2, 0.25) is 5.89 Å². The van der Waals surface area contributed by atoms with Crippen molar-refractivity contribution in [1.82, 2.24) is 20.4 Å². The lowest BCUT2D eigenvalue weighted by Gasteiger charge is -2.01. The molecule has 7 heteroatoms. The number of nitrogen functional groups attached to an aromatic ring is 1. The van der Waals surface area contributed by atoms with E-state index in [1.165, 1.54) is 11.8 Å². The van der Waals surface area contributed by atoms with Gasteiger partial charge in [-0.15, -0.1) is 10.2 Å². The number of nitrogens with two attached hydrogens (primary N) is 1. The lowest BCUT2D eigenvalue weighted by atomic mass is 10.2. The molecule has 3 N–H and O–H groups in total. The smallest absolute Gasteiger partial charge is 0.281 e. The number of aromatic nitrogens is 4. The average Bonchev–Trinajstić information content (AvgIpc) is 2.88. The van der Waals surface area contributed by atoms with Gasteiger partial charge in [0, 0.05) is 22.9 Å². The molecule has 1 aromatic carbocycles. The number of hydrogen-bond donors (Lipinski definition) is 2. The van der Waals surface area contributed by atoms with E-state index in [2.05, 4.69) is 20.4 Å². The molecule has 0 radical (unpaired) electrons. The van der Waals surface area contributed by atoms with E-state index >= 15 is 0 Å². The van der Waals surface area contributed by atoms with Crippen LogP contribution < -0.4 is 5.73 Å². The first-order chi connectivity index (χ1) is 8.22. The number of aryl methyl sites for hydroxylation is 1. The van der Waals surface area contributed by atoms with Crippen molar-refractivity contribution < 1.29 is 4.42 Å². The van der Waals surface area contributed by atoms with Crippen molar-refractivity contribution in [2.24, 2.45) is 0 Å². The largest absolute Gasteiger partial charge is 0.416 e. The Morgan fingerprint density at radius 1 is 1.35 bits per heavy atom. The maximum atomic E-state index is 5.95. The summed E-state index contributed by atoms with van der Waals surface area (Å²) in [6, 6.07) is 3.78. The van der Waals surface area contributed by atoms with E-state index < -0.39 is 0 Å². The van der Waals surface area contributed by atoms with Gasteiger partial charge in [-0.05, 0) is 23.9 Å². The summed E-state index contributed by atoms with van der Waals surface area (Å²) in [5, 5.41) is 16.0. The molecule has 6 nitrogen and oxygen atoms in total. The van der Waals surface area contributed by atoms with Gasteiger partial charge in [0.15, 0.2) is 0 Å². The van der Waals surface area contributed by atoms with Gasteiger partial charge in [-0.2, -0.15) is 5.10 Å². The Hall–Kier alpha value is -2.02. The van der Waals surface area contributed by atoms with Crippen LogP contribution in [-0.4, -0.2) is 20.4 Å². The zero-order chi connectivity index (χ0) is 11.8. The zero-order valence-electron chi connectivity index (χ0n) is 8.97. The molecule has 0 atom stereocenters. The third kappa shape index (κ3) is 1.84. The summed E-state index contributed by atoms with van der Waals surface area (Å²) in [7, 11) is 0. The van der Waals surface area contributed by atoms with Gasteiger partial charge in [0.25, 0.3) is 5.22 Å². The summed E-state index contributed by atoms with van der Waals surface area (Å²) in [4.78, 5) is 0.866. The summed E-state index contributed by atoms with van der Waals surface area (Å²) in [5.74, 6) is 0.536. The number of benzene rings is 1. The number of fused-ring (bicyclic) bond motifs is 1. The van der Waals surface area contributed by atoms with E-state index in [-0.39, 0.29) is 0 Å². The summed E-state index contributed by atoms with van der Waals surface area (Å²) in [6.45, 7) is 1.75. The molecule has 2 aromatic heterocycles. The van der Waals surface area contributed by atoms with E-state index in [0.717, 1.165) is 15.8 Å². The first kappa shape index (κ1) is 10.2. The van der Waals surface area contributed by atoms with E-state index in [1.807, 2.05) is 12.1 Å². The van der Waals surface area contributed by atoms with Gasteiger partial charge in [-0.25, -0.2) is 0 Å². The van der Waals surface area contributed by atoms with Crippen molar-refractivity contribution in [2.75, 3.05) is 5.73 Å². The lowest BCUT2D eigenvalue weighted by molar-refractivity contribution is 0.429. The molecule has 0 aliphatic carbocycles. The molecule has 0 aliphatic rings. The van der Waals surface area contributed by atoms with Crippen LogP contribution in [0.5, 0.6) is 0 Å². The summed E-state index contributed by atoms with van der Waals surface area (Å²) < 4.78 is 5.30. The minimum Gasteiger partial charge on any atom is -0.416 e. The predicted molar refractivity (Wildman–Crippen MR) is 63.7 cm³/mol. The van der Waals surface area contributed by atoms with Crippen LogP contribution in [0.15, 0.2) is 32.9 Å². The molecule has 3 aromatic rings. The predicted octanol–water partition coefficient (Wildman–Crippen LogP) is 1.99. The molecular weight excluding hydrogens is 238 g/mol. The van der Waals surface area contributed by atoms with Crippen molar-refractivity contribution in [3.63, 3.8) is 0 Å². The van der Waals surface area contributed by atoms with Crippen molar-refractivity contribution >= 4 is 28.4 Å². The molecule has 0 fully saturated rings. The second kappa shape index (κ2) is 3.77. The topological polar surface area (TPSA) is 93.6 Å². The monoisotopic (exact) mass is 247 g/mol. The lowest BCUT2D eigenvalue weighted by Crippen LogP contribution is -1.88. The van der Waals surface area contributed by atoms with Crippen LogP contribution >= 0.6 is 11.8 Å². The van der Waals surface area contributed by atoms with Crippen LogP contribution in [0.4, 0.5) is 5.69 Å². The van der Waals surface area contributed by atoms with Crippen LogP contribution in [-0.2, 0) is 0 Å². The summed E-state index contributed by atoms with van der Waals surface area (Å²) >= 11 is 1.34. The Morgan fingerprint density at radius 3 is 3.00 bits per heavy atom. The molecule has 0 amide bonds. The van der Waals surface area contributed by atoms with E-state index in [0.29, 0.717) is 16.8 Å². The molecule has 0 saturated carbocycles. The molecule has 0 unspecified atom stereocenters. The highest BCUT2D eigenvalue weighted by atomic mass is 32.2. The number of nitrogens with one attached hydrogen (secondary N) is 1. The van der Waals surface area contributed by atoms with Crippen LogP contribution in [0.3, 0.4) is 0 Å². The number of anilines is 1. The third-order valence-electron chi connectivity index (χ3n) is 2.28. The van der Waals surface area contributed by atoms with Gasteiger partial charge in [0.1, 0.15) is 0 Å². The first-order valence-corrected chi connectivity index (χ1v) is 5.74. The highest BCUT2D eigenvalue weighted by Gasteiger charge is 2.09. The fraction of sp³-hybridized carbons (Fsp3) is 0.100. The Labute approximate surface area is 101 Å². The van der Waals surface area contributed by atoms with E-state index in [4.69, 9.17) is 10.2 Å². The standard InChI is InChI=1S/C10H9N5OS/c1-5-13-15-10(16-5)17-9-3-8-6(2-7(9)11)4-12-14-8/h2-4H,11H2,1H3,(H,12,14). The van der Waals surface area contributed by atoms with Crippen molar-refractivity contribution in [1.29, 1.82) is 0 Å². The fourth-order valence-electron chi connectivity index (χ4n) is 1.49. The number of nitrogens with zero attached hydrogens (tertiary/aromatic N) is 3. The average molecular weight is 247 g/mol. The number of hydrogen-bond acceptors (Lipinski definition) is 6. The second-order valence-corrected chi connectivity index (χ2v) is 4.53. The summed E-state index contributed by atoms with van der Waals surface area (Å²) in [5.41, 5.74) is 7.54. The summed E-state index contributed by atoms with van der Waals surface area (Å²) in [6.07, 6.45) is 1.73. The molecule has 86 valence electrons. The molecule has 2 heterocycles. The van der Waals surface area contributed by atoms with Crippen LogP contribution in [0.25, 0.3) is 10.9 Å². The Bertz CT molecular complexity index is 674. The molecule has 0 aliphatic heterocycles. The van der Waals surface area contributed by atoms with Gasteiger partial charge in [0.05, 0.1) is 11.7 Å². The molecule has 0 spiro atoms.